The van der Waals surface area contributed by atoms with Crippen molar-refractivity contribution >= 4 is 29.2 Å². The van der Waals surface area contributed by atoms with E-state index in [-0.39, 0.29) is 12.5 Å². The van der Waals surface area contributed by atoms with E-state index in [0.717, 1.165) is 11.3 Å². The molecule has 0 aliphatic heterocycles. The number of amides is 2. The second kappa shape index (κ2) is 9.14. The number of rotatable bonds is 7. The van der Waals surface area contributed by atoms with Crippen LogP contribution in [-0.4, -0.2) is 28.5 Å². The molecule has 7 nitrogen and oxygen atoms in total. The molecular formula is C20H19ClN4O3. The average molecular weight is 399 g/mol. The molecule has 3 rings (SSSR count). The van der Waals surface area contributed by atoms with Crippen molar-refractivity contribution in [2.45, 2.75) is 19.3 Å². The molecule has 2 N–H and O–H groups in total. The second-order valence-electron chi connectivity index (χ2n) is 6.22. The zero-order valence-electron chi connectivity index (χ0n) is 15.2. The van der Waals surface area contributed by atoms with Gasteiger partial charge in [0.2, 0.25) is 11.8 Å². The van der Waals surface area contributed by atoms with Crippen molar-refractivity contribution < 1.29 is 14.1 Å². The molecule has 0 radical (unpaired) electrons. The highest BCUT2D eigenvalue weighted by atomic mass is 35.5. The van der Waals surface area contributed by atoms with Gasteiger partial charge in [-0.05, 0) is 36.8 Å². The molecule has 0 saturated carbocycles. The van der Waals surface area contributed by atoms with Gasteiger partial charge < -0.3 is 15.2 Å². The molecule has 0 fully saturated rings. The van der Waals surface area contributed by atoms with Crippen molar-refractivity contribution in [2.75, 3.05) is 11.9 Å². The van der Waals surface area contributed by atoms with Gasteiger partial charge in [-0.1, -0.05) is 35.0 Å². The summed E-state index contributed by atoms with van der Waals surface area (Å²) in [4.78, 5) is 29.2. The molecule has 0 spiro atoms. The zero-order valence-corrected chi connectivity index (χ0v) is 15.9. The lowest BCUT2D eigenvalue weighted by Gasteiger charge is -2.17. The fourth-order valence-corrected chi connectivity index (χ4v) is 2.81. The standard InChI is InChI=1S/C20H19ClN4O3/c1-13-10-18(25-28-13)24-19(26)12-23-20(27)17(11-16-4-2-3-9-22-16)14-5-7-15(21)8-6-14/h2-10,17H,11-12H2,1H3,(H,23,27)(H,24,25,26). The maximum Gasteiger partial charge on any atom is 0.245 e. The van der Waals surface area contributed by atoms with E-state index in [1.54, 1.807) is 43.5 Å². The number of nitrogens with one attached hydrogen (secondary N) is 2. The highest BCUT2D eigenvalue weighted by Gasteiger charge is 2.22. The molecule has 8 heteroatoms. The summed E-state index contributed by atoms with van der Waals surface area (Å²) in [6, 6.07) is 14.2. The van der Waals surface area contributed by atoms with Crippen LogP contribution in [0.4, 0.5) is 5.82 Å². The van der Waals surface area contributed by atoms with Crippen LogP contribution in [0.3, 0.4) is 0 Å². The molecule has 2 aromatic heterocycles. The van der Waals surface area contributed by atoms with Crippen LogP contribution >= 0.6 is 11.6 Å². The number of carbonyl (C=O) groups is 2. The lowest BCUT2D eigenvalue weighted by Crippen LogP contribution is -2.36. The van der Waals surface area contributed by atoms with Crippen LogP contribution in [-0.2, 0) is 16.0 Å². The summed E-state index contributed by atoms with van der Waals surface area (Å²) >= 11 is 5.96. The number of halogens is 1. The quantitative estimate of drug-likeness (QED) is 0.637. The average Bonchev–Trinajstić information content (AvgIpc) is 3.10. The van der Waals surface area contributed by atoms with E-state index in [2.05, 4.69) is 20.8 Å². The number of anilines is 1. The van der Waals surface area contributed by atoms with Crippen molar-refractivity contribution in [2.24, 2.45) is 0 Å². The summed E-state index contributed by atoms with van der Waals surface area (Å²) in [5.41, 5.74) is 1.57. The number of hydrogen-bond acceptors (Lipinski definition) is 5. The summed E-state index contributed by atoms with van der Waals surface area (Å²) in [5.74, 6) is -0.292. The predicted molar refractivity (Wildman–Crippen MR) is 105 cm³/mol. The maximum atomic E-state index is 12.8. The van der Waals surface area contributed by atoms with Gasteiger partial charge in [0.15, 0.2) is 5.82 Å². The minimum atomic E-state index is -0.505. The molecular weight excluding hydrogens is 380 g/mol. The smallest absolute Gasteiger partial charge is 0.245 e. The van der Waals surface area contributed by atoms with Crippen molar-refractivity contribution in [1.82, 2.24) is 15.5 Å². The Hall–Kier alpha value is -3.19. The Kier molecular flexibility index (Phi) is 6.39. The molecule has 28 heavy (non-hydrogen) atoms. The summed E-state index contributed by atoms with van der Waals surface area (Å²) in [6.45, 7) is 1.54. The van der Waals surface area contributed by atoms with Crippen molar-refractivity contribution in [3.8, 4) is 0 Å². The van der Waals surface area contributed by atoms with E-state index >= 15 is 0 Å². The Morgan fingerprint density at radius 3 is 2.61 bits per heavy atom. The fraction of sp³-hybridized carbons (Fsp3) is 0.200. The topological polar surface area (TPSA) is 97.1 Å². The first kappa shape index (κ1) is 19.6. The van der Waals surface area contributed by atoms with Gasteiger partial charge in [-0.3, -0.25) is 14.6 Å². The summed E-state index contributed by atoms with van der Waals surface area (Å²) in [7, 11) is 0. The number of pyridine rings is 1. The molecule has 0 aliphatic rings. The third-order valence-corrected chi connectivity index (χ3v) is 4.30. The van der Waals surface area contributed by atoms with Crippen LogP contribution < -0.4 is 10.6 Å². The summed E-state index contributed by atoms with van der Waals surface area (Å²) < 4.78 is 4.89. The SMILES string of the molecule is Cc1cc(NC(=O)CNC(=O)C(Cc2ccccn2)c2ccc(Cl)cc2)no1. The molecule has 3 aromatic rings. The number of hydrogen-bond donors (Lipinski definition) is 2. The van der Waals surface area contributed by atoms with Gasteiger partial charge in [-0.2, -0.15) is 0 Å². The van der Waals surface area contributed by atoms with Gasteiger partial charge in [0.05, 0.1) is 12.5 Å². The van der Waals surface area contributed by atoms with E-state index in [0.29, 0.717) is 23.0 Å². The first-order valence-electron chi connectivity index (χ1n) is 8.67. The Bertz CT molecular complexity index is 942. The third-order valence-electron chi connectivity index (χ3n) is 4.05. The highest BCUT2D eigenvalue weighted by Crippen LogP contribution is 2.22. The normalized spacial score (nSPS) is 11.6. The van der Waals surface area contributed by atoms with Crippen molar-refractivity contribution in [3.63, 3.8) is 0 Å². The number of carbonyl (C=O) groups excluding carboxylic acids is 2. The minimum absolute atomic E-state index is 0.183. The zero-order chi connectivity index (χ0) is 19.9. The molecule has 1 unspecified atom stereocenters. The maximum absolute atomic E-state index is 12.8. The van der Waals surface area contributed by atoms with Gasteiger partial charge in [0.25, 0.3) is 0 Å². The molecule has 2 amide bonds. The molecule has 1 atom stereocenters. The lowest BCUT2D eigenvalue weighted by molar-refractivity contribution is -0.125. The minimum Gasteiger partial charge on any atom is -0.360 e. The van der Waals surface area contributed by atoms with Crippen LogP contribution in [0.15, 0.2) is 59.3 Å². The van der Waals surface area contributed by atoms with E-state index in [1.807, 2.05) is 18.2 Å². The Morgan fingerprint density at radius 2 is 1.96 bits per heavy atom. The van der Waals surface area contributed by atoms with Gasteiger partial charge in [-0.25, -0.2) is 0 Å². The number of nitrogens with zero attached hydrogens (tertiary/aromatic N) is 2. The number of benzene rings is 1. The van der Waals surface area contributed by atoms with Gasteiger partial charge in [-0.15, -0.1) is 0 Å². The fourth-order valence-electron chi connectivity index (χ4n) is 2.69. The lowest BCUT2D eigenvalue weighted by atomic mass is 9.93. The van der Waals surface area contributed by atoms with Gasteiger partial charge in [0.1, 0.15) is 5.76 Å². The Morgan fingerprint density at radius 1 is 1.18 bits per heavy atom. The van der Waals surface area contributed by atoms with Crippen LogP contribution in [0.1, 0.15) is 22.9 Å². The third kappa shape index (κ3) is 5.40. The molecule has 1 aromatic carbocycles. The van der Waals surface area contributed by atoms with Crippen LogP contribution in [0.2, 0.25) is 5.02 Å². The van der Waals surface area contributed by atoms with Gasteiger partial charge >= 0.3 is 0 Å². The van der Waals surface area contributed by atoms with Crippen LogP contribution in [0.25, 0.3) is 0 Å². The van der Waals surface area contributed by atoms with E-state index in [1.165, 1.54) is 0 Å². The first-order valence-corrected chi connectivity index (χ1v) is 9.05. The molecule has 0 aliphatic carbocycles. The summed E-state index contributed by atoms with van der Waals surface area (Å²) in [5, 5.41) is 9.51. The highest BCUT2D eigenvalue weighted by molar-refractivity contribution is 6.30. The van der Waals surface area contributed by atoms with Crippen molar-refractivity contribution in [3.05, 3.63) is 76.8 Å². The molecule has 0 bridgehead atoms. The Labute approximate surface area is 167 Å². The van der Waals surface area contributed by atoms with E-state index in [4.69, 9.17) is 16.1 Å². The number of aryl methyl sites for hydroxylation is 1. The summed E-state index contributed by atoms with van der Waals surface area (Å²) in [6.07, 6.45) is 2.08. The molecule has 0 saturated heterocycles. The largest absolute Gasteiger partial charge is 0.360 e. The second-order valence-corrected chi connectivity index (χ2v) is 6.65. The Balaban J connectivity index is 1.67. The first-order chi connectivity index (χ1) is 13.5. The van der Waals surface area contributed by atoms with Crippen molar-refractivity contribution in [1.29, 1.82) is 0 Å². The number of aromatic nitrogens is 2. The predicted octanol–water partition coefficient (Wildman–Crippen LogP) is 3.11. The van der Waals surface area contributed by atoms with E-state index < -0.39 is 11.8 Å². The monoisotopic (exact) mass is 398 g/mol. The molecule has 2 heterocycles. The van der Waals surface area contributed by atoms with Crippen LogP contribution in [0, 0.1) is 6.92 Å². The molecule has 144 valence electrons. The van der Waals surface area contributed by atoms with Crippen LogP contribution in [0.5, 0.6) is 0 Å². The van der Waals surface area contributed by atoms with E-state index in [9.17, 15) is 9.59 Å². The van der Waals surface area contributed by atoms with Gasteiger partial charge in [0, 0.05) is 29.4 Å².